The predicted octanol–water partition coefficient (Wildman–Crippen LogP) is 2.75. The van der Waals surface area contributed by atoms with E-state index in [0.717, 1.165) is 22.6 Å². The maximum Gasteiger partial charge on any atom is 0.240 e. The van der Waals surface area contributed by atoms with Crippen molar-refractivity contribution in [3.63, 3.8) is 0 Å². The van der Waals surface area contributed by atoms with Crippen LogP contribution in [0.4, 0.5) is 0 Å². The molecule has 0 saturated carbocycles. The number of rotatable bonds is 7. The molecule has 27 heavy (non-hydrogen) atoms. The number of fused-ring (bicyclic) bond motifs is 1. The molecule has 1 aromatic carbocycles. The molecule has 0 aliphatic heterocycles. The van der Waals surface area contributed by atoms with Crippen LogP contribution in [0.2, 0.25) is 0 Å². The Morgan fingerprint density at radius 3 is 2.67 bits per heavy atom. The van der Waals surface area contributed by atoms with Crippen LogP contribution in [0.1, 0.15) is 37.0 Å². The zero-order valence-corrected chi connectivity index (χ0v) is 16.0. The monoisotopic (exact) mass is 366 g/mol. The molecule has 0 aliphatic carbocycles. The third-order valence-corrected chi connectivity index (χ3v) is 4.37. The summed E-state index contributed by atoms with van der Waals surface area (Å²) in [6.45, 7) is 6.12. The van der Waals surface area contributed by atoms with Gasteiger partial charge in [0.2, 0.25) is 5.91 Å². The van der Waals surface area contributed by atoms with Crippen LogP contribution in [0.5, 0.6) is 0 Å². The van der Waals surface area contributed by atoms with E-state index in [1.807, 2.05) is 59.9 Å². The van der Waals surface area contributed by atoms with Gasteiger partial charge >= 0.3 is 0 Å². The van der Waals surface area contributed by atoms with E-state index in [-0.39, 0.29) is 5.91 Å². The zero-order valence-electron chi connectivity index (χ0n) is 16.0. The van der Waals surface area contributed by atoms with E-state index in [4.69, 9.17) is 10.5 Å². The Balaban J connectivity index is 1.83. The van der Waals surface area contributed by atoms with Gasteiger partial charge in [0.15, 0.2) is 0 Å². The van der Waals surface area contributed by atoms with Crippen LogP contribution >= 0.6 is 0 Å². The minimum atomic E-state index is -0.986. The molecule has 142 valence electrons. The van der Waals surface area contributed by atoms with E-state index in [1.165, 1.54) is 0 Å². The lowest BCUT2D eigenvalue weighted by Crippen LogP contribution is -2.51. The molecule has 0 aliphatic rings. The molecular formula is C21H26N4O2. The Morgan fingerprint density at radius 1 is 1.22 bits per heavy atom. The summed E-state index contributed by atoms with van der Waals surface area (Å²) in [7, 11) is 0. The number of ether oxygens (including phenoxy) is 1. The fraction of sp³-hybridized carbons (Fsp3) is 0.333. The summed E-state index contributed by atoms with van der Waals surface area (Å²) in [5.74, 6) is 0.481. The van der Waals surface area contributed by atoms with Gasteiger partial charge in [-0.1, -0.05) is 36.4 Å². The Hall–Kier alpha value is -2.70. The average Bonchev–Trinajstić information content (AvgIpc) is 3.06. The minimum absolute atomic E-state index is 0.249. The summed E-state index contributed by atoms with van der Waals surface area (Å²) in [5.41, 5.74) is 8.06. The molecule has 2 aromatic heterocycles. The van der Waals surface area contributed by atoms with Crippen LogP contribution < -0.4 is 11.1 Å². The Morgan fingerprint density at radius 2 is 1.96 bits per heavy atom. The molecular weight excluding hydrogens is 340 g/mol. The summed E-state index contributed by atoms with van der Waals surface area (Å²) in [6, 6.07) is 15.5. The number of carbonyl (C=O) groups excluding carboxylic acids is 1. The fourth-order valence-electron chi connectivity index (χ4n) is 2.88. The number of amides is 1. The first-order chi connectivity index (χ1) is 12.9. The van der Waals surface area contributed by atoms with E-state index < -0.39 is 11.6 Å². The van der Waals surface area contributed by atoms with Crippen molar-refractivity contribution < 1.29 is 9.53 Å². The van der Waals surface area contributed by atoms with Crippen LogP contribution in [0, 0.1) is 6.92 Å². The summed E-state index contributed by atoms with van der Waals surface area (Å²) in [5, 5.41) is 2.99. The second-order valence-corrected chi connectivity index (χ2v) is 7.29. The molecule has 0 spiro atoms. The van der Waals surface area contributed by atoms with Gasteiger partial charge in [0.05, 0.1) is 30.5 Å². The van der Waals surface area contributed by atoms with Gasteiger partial charge in [0.25, 0.3) is 0 Å². The standard InChI is InChI=1S/C21H26N4O2/c1-15-8-7-11-17-12-23-19(25(15)17)18(24-20(26)21(2,3)22)14-27-13-16-9-5-4-6-10-16/h4-12,18H,13-14,22H2,1-3H3,(H,24,26). The minimum Gasteiger partial charge on any atom is -0.374 e. The number of benzene rings is 1. The van der Waals surface area contributed by atoms with Gasteiger partial charge in [-0.2, -0.15) is 0 Å². The topological polar surface area (TPSA) is 81.6 Å². The van der Waals surface area contributed by atoms with Crippen molar-refractivity contribution in [2.75, 3.05) is 6.61 Å². The van der Waals surface area contributed by atoms with Gasteiger partial charge in [-0.15, -0.1) is 0 Å². The number of hydrogen-bond acceptors (Lipinski definition) is 4. The summed E-state index contributed by atoms with van der Waals surface area (Å²) >= 11 is 0. The van der Waals surface area contributed by atoms with Crippen LogP contribution in [0.3, 0.4) is 0 Å². The Labute approximate surface area is 159 Å². The van der Waals surface area contributed by atoms with Crippen LogP contribution in [-0.4, -0.2) is 27.4 Å². The van der Waals surface area contributed by atoms with Gasteiger partial charge in [-0.25, -0.2) is 4.98 Å². The van der Waals surface area contributed by atoms with E-state index in [9.17, 15) is 4.79 Å². The first kappa shape index (κ1) is 19.1. The number of carbonyl (C=O) groups is 1. The van der Waals surface area contributed by atoms with Crippen molar-refractivity contribution >= 4 is 11.4 Å². The number of aromatic nitrogens is 2. The van der Waals surface area contributed by atoms with Gasteiger partial charge < -0.3 is 15.8 Å². The molecule has 3 rings (SSSR count). The number of hydrogen-bond donors (Lipinski definition) is 2. The highest BCUT2D eigenvalue weighted by molar-refractivity contribution is 5.85. The largest absolute Gasteiger partial charge is 0.374 e. The Kier molecular flexibility index (Phi) is 5.58. The molecule has 0 saturated heterocycles. The number of nitrogens with two attached hydrogens (primary N) is 1. The summed E-state index contributed by atoms with van der Waals surface area (Å²) < 4.78 is 7.93. The highest BCUT2D eigenvalue weighted by Crippen LogP contribution is 2.19. The van der Waals surface area contributed by atoms with Crippen molar-refractivity contribution in [1.29, 1.82) is 0 Å². The molecule has 2 heterocycles. The van der Waals surface area contributed by atoms with Gasteiger partial charge in [0, 0.05) is 5.69 Å². The van der Waals surface area contributed by atoms with Gasteiger partial charge in [0.1, 0.15) is 11.9 Å². The van der Waals surface area contributed by atoms with Crippen molar-refractivity contribution in [2.24, 2.45) is 5.73 Å². The second kappa shape index (κ2) is 7.90. The number of nitrogens with one attached hydrogen (secondary N) is 1. The number of imidazole rings is 1. The molecule has 6 nitrogen and oxygen atoms in total. The summed E-state index contributed by atoms with van der Waals surface area (Å²) in [6.07, 6.45) is 1.80. The smallest absolute Gasteiger partial charge is 0.240 e. The normalized spacial score (nSPS) is 12.9. The molecule has 1 unspecified atom stereocenters. The fourth-order valence-corrected chi connectivity index (χ4v) is 2.88. The lowest BCUT2D eigenvalue weighted by molar-refractivity contribution is -0.126. The SMILES string of the molecule is Cc1cccc2cnc(C(COCc3ccccc3)NC(=O)C(C)(C)N)n12. The van der Waals surface area contributed by atoms with Crippen molar-refractivity contribution in [3.8, 4) is 0 Å². The van der Waals surface area contributed by atoms with Crippen molar-refractivity contribution in [2.45, 2.75) is 39.0 Å². The van der Waals surface area contributed by atoms with E-state index in [0.29, 0.717) is 13.2 Å². The van der Waals surface area contributed by atoms with Gasteiger partial charge in [-0.05, 0) is 38.5 Å². The maximum absolute atomic E-state index is 12.5. The molecule has 3 aromatic rings. The summed E-state index contributed by atoms with van der Waals surface area (Å²) in [4.78, 5) is 17.0. The highest BCUT2D eigenvalue weighted by Gasteiger charge is 2.27. The second-order valence-electron chi connectivity index (χ2n) is 7.29. The van der Waals surface area contributed by atoms with E-state index >= 15 is 0 Å². The lowest BCUT2D eigenvalue weighted by atomic mass is 10.1. The van der Waals surface area contributed by atoms with Crippen LogP contribution in [-0.2, 0) is 16.1 Å². The molecule has 1 amide bonds. The maximum atomic E-state index is 12.5. The van der Waals surface area contributed by atoms with Crippen molar-refractivity contribution in [3.05, 3.63) is 71.8 Å². The predicted molar refractivity (Wildman–Crippen MR) is 105 cm³/mol. The number of nitrogens with zero attached hydrogens (tertiary/aromatic N) is 2. The number of pyridine rings is 1. The molecule has 0 fully saturated rings. The van der Waals surface area contributed by atoms with E-state index in [1.54, 1.807) is 20.0 Å². The third-order valence-electron chi connectivity index (χ3n) is 4.37. The average molecular weight is 366 g/mol. The molecule has 3 N–H and O–H groups in total. The van der Waals surface area contributed by atoms with Crippen molar-refractivity contribution in [1.82, 2.24) is 14.7 Å². The van der Waals surface area contributed by atoms with Crippen LogP contribution in [0.25, 0.3) is 5.52 Å². The molecule has 0 radical (unpaired) electrons. The Bertz CT molecular complexity index is 913. The first-order valence-electron chi connectivity index (χ1n) is 9.01. The lowest BCUT2D eigenvalue weighted by Gasteiger charge is -2.24. The quantitative estimate of drug-likeness (QED) is 0.674. The zero-order chi connectivity index (χ0) is 19.4. The van der Waals surface area contributed by atoms with Gasteiger partial charge in [-0.3, -0.25) is 9.20 Å². The third kappa shape index (κ3) is 4.53. The van der Waals surface area contributed by atoms with Crippen LogP contribution in [0.15, 0.2) is 54.7 Å². The molecule has 0 bridgehead atoms. The molecule has 6 heteroatoms. The highest BCUT2D eigenvalue weighted by atomic mass is 16.5. The van der Waals surface area contributed by atoms with E-state index in [2.05, 4.69) is 10.3 Å². The number of aryl methyl sites for hydroxylation is 1. The molecule has 1 atom stereocenters. The first-order valence-corrected chi connectivity index (χ1v) is 9.01.